The number of methoxy groups -OCH3 is 1. The predicted molar refractivity (Wildman–Crippen MR) is 155 cm³/mol. The van der Waals surface area contributed by atoms with Crippen LogP contribution >= 0.6 is 0 Å². The number of nitrogens with two attached hydrogens (primary N) is 1. The highest BCUT2D eigenvalue weighted by Gasteiger charge is 2.60. The Morgan fingerprint density at radius 1 is 1.00 bits per heavy atom. The maximum atomic E-state index is 14.7. The van der Waals surface area contributed by atoms with Gasteiger partial charge in [0.05, 0.1) is 35.7 Å². The van der Waals surface area contributed by atoms with E-state index in [1.807, 2.05) is 24.3 Å². The number of anilines is 3. The summed E-state index contributed by atoms with van der Waals surface area (Å²) < 4.78 is 20.9. The van der Waals surface area contributed by atoms with Crippen molar-refractivity contribution in [1.82, 2.24) is 9.55 Å². The number of rotatable bonds is 5. The summed E-state index contributed by atoms with van der Waals surface area (Å²) in [6.45, 7) is 5.03. The third kappa shape index (κ3) is 3.51. The maximum Gasteiger partial charge on any atom is 0.250 e. The molecule has 2 aromatic heterocycles. The molecule has 1 atom stereocenters. The fourth-order valence-corrected chi connectivity index (χ4v) is 6.15. The number of aromatic nitrogens is 2. The van der Waals surface area contributed by atoms with Gasteiger partial charge in [0, 0.05) is 28.9 Å². The van der Waals surface area contributed by atoms with E-state index in [9.17, 15) is 18.8 Å². The number of ether oxygens (including phenoxy) is 1. The molecule has 0 aliphatic carbocycles. The topological polar surface area (TPSA) is 108 Å². The fraction of sp³-hybridized carbons (Fsp3) is 0.188. The Balaban J connectivity index is 1.63. The normalized spacial score (nSPS) is 16.5. The van der Waals surface area contributed by atoms with E-state index in [-0.39, 0.29) is 17.3 Å². The third-order valence-electron chi connectivity index (χ3n) is 7.99. The van der Waals surface area contributed by atoms with E-state index >= 15 is 0 Å². The molecule has 5 aromatic rings. The van der Waals surface area contributed by atoms with Gasteiger partial charge in [-0.25, -0.2) is 4.39 Å². The molecular formula is C32H27FN4O4. The van der Waals surface area contributed by atoms with Crippen LogP contribution in [0.3, 0.4) is 0 Å². The lowest BCUT2D eigenvalue weighted by Gasteiger charge is -2.32. The molecule has 0 bridgehead atoms. The number of benzene rings is 3. The van der Waals surface area contributed by atoms with Gasteiger partial charge in [-0.2, -0.15) is 0 Å². The van der Waals surface area contributed by atoms with Gasteiger partial charge in [0.15, 0.2) is 0 Å². The van der Waals surface area contributed by atoms with Crippen molar-refractivity contribution in [2.24, 2.45) is 5.92 Å². The number of nitrogen functional groups attached to an aromatic ring is 1. The van der Waals surface area contributed by atoms with E-state index < -0.39 is 28.8 Å². The number of hydrogen-bond donors (Lipinski definition) is 1. The van der Waals surface area contributed by atoms with E-state index in [1.165, 1.54) is 49.4 Å². The van der Waals surface area contributed by atoms with Crippen LogP contribution < -0.4 is 15.4 Å². The van der Waals surface area contributed by atoms with Crippen molar-refractivity contribution >= 4 is 56.5 Å². The van der Waals surface area contributed by atoms with Crippen LogP contribution in [0.15, 0.2) is 72.9 Å². The van der Waals surface area contributed by atoms with Crippen molar-refractivity contribution in [2.45, 2.75) is 26.2 Å². The quantitative estimate of drug-likeness (QED) is 0.163. The van der Waals surface area contributed by atoms with E-state index in [2.05, 4.69) is 4.98 Å². The van der Waals surface area contributed by atoms with Gasteiger partial charge in [0.25, 0.3) is 5.91 Å². The average molecular weight is 551 g/mol. The minimum absolute atomic E-state index is 0.0557. The molecule has 6 rings (SSSR count). The van der Waals surface area contributed by atoms with Crippen molar-refractivity contribution in [3.8, 4) is 5.75 Å². The predicted octanol–water partition coefficient (Wildman–Crippen LogP) is 6.03. The van der Waals surface area contributed by atoms with E-state index in [0.717, 1.165) is 5.39 Å². The minimum Gasteiger partial charge on any atom is -0.495 e. The molecule has 1 unspecified atom stereocenters. The molecule has 0 fully saturated rings. The van der Waals surface area contributed by atoms with Gasteiger partial charge in [0.1, 0.15) is 22.7 Å². The molecule has 206 valence electrons. The summed E-state index contributed by atoms with van der Waals surface area (Å²) in [6, 6.07) is 17.8. The zero-order chi connectivity index (χ0) is 29.2. The van der Waals surface area contributed by atoms with Crippen LogP contribution in [0.5, 0.6) is 5.75 Å². The number of carbonyl (C=O) groups is 3. The molecule has 1 aliphatic heterocycles. The van der Waals surface area contributed by atoms with Crippen LogP contribution in [0, 0.1) is 11.7 Å². The Morgan fingerprint density at radius 3 is 2.37 bits per heavy atom. The molecule has 0 spiro atoms. The first-order valence-corrected chi connectivity index (χ1v) is 13.1. The second-order valence-electron chi connectivity index (χ2n) is 10.4. The van der Waals surface area contributed by atoms with Gasteiger partial charge >= 0.3 is 0 Å². The van der Waals surface area contributed by atoms with E-state index in [0.29, 0.717) is 39.1 Å². The van der Waals surface area contributed by atoms with Gasteiger partial charge in [-0.05, 0) is 54.4 Å². The van der Waals surface area contributed by atoms with Crippen LogP contribution in [0.1, 0.15) is 41.6 Å². The van der Waals surface area contributed by atoms with Crippen LogP contribution in [0.4, 0.5) is 21.5 Å². The Bertz CT molecular complexity index is 1910. The number of fused-ring (bicyclic) bond motifs is 4. The molecule has 0 saturated heterocycles. The molecule has 2 N–H and O–H groups in total. The van der Waals surface area contributed by atoms with Crippen molar-refractivity contribution in [2.75, 3.05) is 17.7 Å². The third-order valence-corrected chi connectivity index (χ3v) is 7.99. The molecule has 0 radical (unpaired) electrons. The Hall–Kier alpha value is -5.05. The molecule has 0 saturated carbocycles. The molecule has 3 heterocycles. The maximum absolute atomic E-state index is 14.7. The van der Waals surface area contributed by atoms with E-state index in [4.69, 9.17) is 10.5 Å². The molecule has 1 amide bonds. The average Bonchev–Trinajstić information content (AvgIpc) is 3.43. The first-order valence-electron chi connectivity index (χ1n) is 13.1. The van der Waals surface area contributed by atoms with Crippen molar-refractivity contribution in [3.63, 3.8) is 0 Å². The number of amides is 1. The lowest BCUT2D eigenvalue weighted by molar-refractivity contribution is -0.122. The smallest absolute Gasteiger partial charge is 0.250 e. The standard InChI is InChI=1S/C32H27FN4O4/c1-17(2)32(30(39)23-15-22-21-7-5-6-8-24(21)36(18(3)38)26(22)16-35-23)28-25(13-14-27(41-4)29(28)34)37(31(32)40)20-11-9-19(33)10-12-20/h5-17H,34H2,1-4H3. The molecular weight excluding hydrogens is 523 g/mol. The summed E-state index contributed by atoms with van der Waals surface area (Å²) in [5, 5.41) is 1.44. The monoisotopic (exact) mass is 550 g/mol. The molecule has 8 nitrogen and oxygen atoms in total. The number of ketones is 1. The highest BCUT2D eigenvalue weighted by atomic mass is 19.1. The summed E-state index contributed by atoms with van der Waals surface area (Å²) in [5.74, 6) is -1.94. The Morgan fingerprint density at radius 2 is 1.71 bits per heavy atom. The second-order valence-corrected chi connectivity index (χ2v) is 10.4. The minimum atomic E-state index is -1.76. The number of halogens is 1. The Kier molecular flexibility index (Phi) is 5.92. The van der Waals surface area contributed by atoms with Gasteiger partial charge in [-0.1, -0.05) is 32.0 Å². The molecule has 41 heavy (non-hydrogen) atoms. The van der Waals surface area contributed by atoms with Gasteiger partial charge in [-0.15, -0.1) is 0 Å². The number of pyridine rings is 1. The van der Waals surface area contributed by atoms with Gasteiger partial charge < -0.3 is 10.5 Å². The van der Waals surface area contributed by atoms with Crippen molar-refractivity contribution < 1.29 is 23.5 Å². The summed E-state index contributed by atoms with van der Waals surface area (Å²) in [7, 11) is 1.46. The van der Waals surface area contributed by atoms with Crippen LogP contribution in [-0.2, 0) is 10.2 Å². The SMILES string of the molecule is COc1ccc2c(c1N)C(C(=O)c1cc3c4ccccc4n(C(C)=O)c3cn1)(C(C)C)C(=O)N2c1ccc(F)cc1. The van der Waals surface area contributed by atoms with Crippen molar-refractivity contribution in [1.29, 1.82) is 0 Å². The number of hydrogen-bond acceptors (Lipinski definition) is 6. The summed E-state index contributed by atoms with van der Waals surface area (Å²) in [6.07, 6.45) is 1.49. The van der Waals surface area contributed by atoms with Gasteiger partial charge in [0.2, 0.25) is 11.7 Å². The fourth-order valence-electron chi connectivity index (χ4n) is 6.15. The Labute approximate surface area is 235 Å². The number of carbonyl (C=O) groups excluding carboxylic acids is 3. The van der Waals surface area contributed by atoms with Crippen LogP contribution in [0.25, 0.3) is 21.8 Å². The number of para-hydroxylation sites is 1. The summed E-state index contributed by atoms with van der Waals surface area (Å²) >= 11 is 0. The van der Waals surface area contributed by atoms with E-state index in [1.54, 1.807) is 36.6 Å². The lowest BCUT2D eigenvalue weighted by atomic mass is 9.67. The van der Waals surface area contributed by atoms with Crippen LogP contribution in [0.2, 0.25) is 0 Å². The largest absolute Gasteiger partial charge is 0.495 e. The number of nitrogens with zero attached hydrogens (tertiary/aromatic N) is 3. The molecule has 3 aromatic carbocycles. The second kappa shape index (κ2) is 9.26. The van der Waals surface area contributed by atoms with Crippen LogP contribution in [-0.4, -0.2) is 34.3 Å². The molecule has 1 aliphatic rings. The highest BCUT2D eigenvalue weighted by Crippen LogP contribution is 2.55. The van der Waals surface area contributed by atoms with Gasteiger partial charge in [-0.3, -0.25) is 28.8 Å². The summed E-state index contributed by atoms with van der Waals surface area (Å²) in [5.41, 5.74) is 7.46. The highest BCUT2D eigenvalue weighted by molar-refractivity contribution is 6.30. The first-order chi connectivity index (χ1) is 19.6. The zero-order valence-corrected chi connectivity index (χ0v) is 22.9. The van der Waals surface area contributed by atoms with Crippen molar-refractivity contribution in [3.05, 3.63) is 90.0 Å². The first kappa shape index (κ1) is 26.2. The number of Topliss-reactive ketones (excluding diaryl/α,β-unsaturated/α-hetero) is 1. The zero-order valence-electron chi connectivity index (χ0n) is 22.9. The molecule has 9 heteroatoms. The summed E-state index contributed by atoms with van der Waals surface area (Å²) in [4.78, 5) is 47.8. The lowest BCUT2D eigenvalue weighted by Crippen LogP contribution is -2.49.